The standard InChI is InChI=1S/C24H40N4O7/c1-22(2,3)17(27-21(33)35-23(4,5)6)20(32)28-10-12-14(24(12,7)8)15(28)19(31)26-13(11-34-9)16(29)18(25)30/h12-15,17H,10-11H2,1-9H3,(H2,25,30)(H,26,31)(H,27,33). The summed E-state index contributed by atoms with van der Waals surface area (Å²) in [5, 5.41) is 5.22. The lowest BCUT2D eigenvalue weighted by molar-refractivity contribution is -0.145. The van der Waals surface area contributed by atoms with Gasteiger partial charge in [0.15, 0.2) is 0 Å². The van der Waals surface area contributed by atoms with Crippen LogP contribution in [0, 0.1) is 22.7 Å². The van der Waals surface area contributed by atoms with Gasteiger partial charge in [-0.1, -0.05) is 34.6 Å². The number of piperidine rings is 1. The SMILES string of the molecule is COCC(NC(=O)C1C2C(CN1C(=O)C(NC(=O)OC(C)(C)C)C(C)(C)C)C2(C)C)C(=O)C(N)=O. The molecule has 11 nitrogen and oxygen atoms in total. The number of hydrogen-bond donors (Lipinski definition) is 3. The van der Waals surface area contributed by atoms with E-state index in [4.69, 9.17) is 15.2 Å². The molecule has 35 heavy (non-hydrogen) atoms. The summed E-state index contributed by atoms with van der Waals surface area (Å²) < 4.78 is 10.3. The first kappa shape index (κ1) is 28.5. The number of likely N-dealkylation sites (tertiary alicyclic amines) is 1. The minimum Gasteiger partial charge on any atom is -0.444 e. The molecule has 11 heteroatoms. The van der Waals surface area contributed by atoms with Crippen LogP contribution < -0.4 is 16.4 Å². The number of hydrogen-bond acceptors (Lipinski definition) is 7. The average molecular weight is 497 g/mol. The molecule has 0 radical (unpaired) electrons. The molecule has 2 fully saturated rings. The van der Waals surface area contributed by atoms with Crippen LogP contribution in [-0.4, -0.2) is 78.5 Å². The number of alkyl carbamates (subject to hydrolysis) is 1. The maximum Gasteiger partial charge on any atom is 0.408 e. The Bertz CT molecular complexity index is 887. The topological polar surface area (TPSA) is 157 Å². The zero-order valence-corrected chi connectivity index (χ0v) is 22.2. The van der Waals surface area contributed by atoms with Crippen molar-refractivity contribution < 1.29 is 33.4 Å². The number of methoxy groups -OCH3 is 1. The lowest BCUT2D eigenvalue weighted by Crippen LogP contribution is -2.61. The van der Waals surface area contributed by atoms with Crippen molar-refractivity contribution in [2.45, 2.75) is 79.1 Å². The second kappa shape index (κ2) is 9.75. The maximum atomic E-state index is 13.7. The van der Waals surface area contributed by atoms with E-state index in [1.165, 1.54) is 12.0 Å². The first-order valence-corrected chi connectivity index (χ1v) is 11.8. The van der Waals surface area contributed by atoms with Gasteiger partial charge in [-0.3, -0.25) is 19.2 Å². The van der Waals surface area contributed by atoms with E-state index in [2.05, 4.69) is 10.6 Å². The number of fused-ring (bicyclic) bond motifs is 1. The van der Waals surface area contributed by atoms with Gasteiger partial charge >= 0.3 is 6.09 Å². The number of amides is 4. The number of rotatable bonds is 8. The highest BCUT2D eigenvalue weighted by Gasteiger charge is 2.69. The molecular weight excluding hydrogens is 456 g/mol. The van der Waals surface area contributed by atoms with E-state index in [-0.39, 0.29) is 23.9 Å². The van der Waals surface area contributed by atoms with E-state index < -0.39 is 58.7 Å². The van der Waals surface area contributed by atoms with Gasteiger partial charge in [0.25, 0.3) is 5.91 Å². The summed E-state index contributed by atoms with van der Waals surface area (Å²) >= 11 is 0. The molecule has 5 unspecified atom stereocenters. The molecule has 0 aromatic rings. The molecule has 0 bridgehead atoms. The summed E-state index contributed by atoms with van der Waals surface area (Å²) in [7, 11) is 1.33. The van der Waals surface area contributed by atoms with Gasteiger partial charge in [0.05, 0.1) is 6.61 Å². The van der Waals surface area contributed by atoms with Crippen LogP contribution in [0.2, 0.25) is 0 Å². The van der Waals surface area contributed by atoms with Gasteiger partial charge in [0.1, 0.15) is 23.7 Å². The maximum absolute atomic E-state index is 13.7. The van der Waals surface area contributed by atoms with Crippen molar-refractivity contribution in [1.29, 1.82) is 0 Å². The van der Waals surface area contributed by atoms with Gasteiger partial charge in [0, 0.05) is 13.7 Å². The second-order valence-electron chi connectivity index (χ2n) is 12.1. The third-order valence-electron chi connectivity index (χ3n) is 6.74. The van der Waals surface area contributed by atoms with E-state index in [0.29, 0.717) is 6.54 Å². The van der Waals surface area contributed by atoms with E-state index >= 15 is 0 Å². The number of carbonyl (C=O) groups is 5. The number of primary amides is 1. The smallest absolute Gasteiger partial charge is 0.408 e. The molecule has 1 saturated carbocycles. The Balaban J connectivity index is 2.31. The Morgan fingerprint density at radius 2 is 1.63 bits per heavy atom. The predicted molar refractivity (Wildman–Crippen MR) is 127 cm³/mol. The number of ether oxygens (including phenoxy) is 2. The summed E-state index contributed by atoms with van der Waals surface area (Å²) in [4.78, 5) is 64.7. The van der Waals surface area contributed by atoms with Crippen LogP contribution in [0.1, 0.15) is 55.4 Å². The first-order chi connectivity index (χ1) is 15.8. The largest absolute Gasteiger partial charge is 0.444 e. The number of ketones is 1. The van der Waals surface area contributed by atoms with Crippen LogP contribution >= 0.6 is 0 Å². The highest BCUT2D eigenvalue weighted by Crippen LogP contribution is 2.65. The van der Waals surface area contributed by atoms with Gasteiger partial charge in [-0.25, -0.2) is 4.79 Å². The number of nitrogens with one attached hydrogen (secondary N) is 2. The van der Waals surface area contributed by atoms with Crippen molar-refractivity contribution in [3.05, 3.63) is 0 Å². The molecule has 1 saturated heterocycles. The Morgan fingerprint density at radius 3 is 2.09 bits per heavy atom. The average Bonchev–Trinajstić information content (AvgIpc) is 3.03. The van der Waals surface area contributed by atoms with Crippen LogP contribution in [0.25, 0.3) is 0 Å². The van der Waals surface area contributed by atoms with E-state index in [1.54, 1.807) is 20.8 Å². The van der Waals surface area contributed by atoms with Crippen LogP contribution in [0.4, 0.5) is 4.79 Å². The minimum atomic E-state index is -1.26. The molecule has 0 aromatic heterocycles. The van der Waals surface area contributed by atoms with Gasteiger partial charge in [-0.15, -0.1) is 0 Å². The van der Waals surface area contributed by atoms with Crippen molar-refractivity contribution >= 4 is 29.6 Å². The molecule has 1 heterocycles. The molecule has 4 amide bonds. The van der Waals surface area contributed by atoms with Gasteiger partial charge < -0.3 is 30.7 Å². The van der Waals surface area contributed by atoms with E-state index in [9.17, 15) is 24.0 Å². The lowest BCUT2D eigenvalue weighted by atomic mass is 9.85. The van der Waals surface area contributed by atoms with Gasteiger partial charge in [0.2, 0.25) is 17.6 Å². The Hall–Kier alpha value is -2.69. The van der Waals surface area contributed by atoms with Crippen molar-refractivity contribution in [2.24, 2.45) is 28.4 Å². The van der Waals surface area contributed by atoms with E-state index in [1.807, 2.05) is 34.6 Å². The quantitative estimate of drug-likeness (QED) is 0.415. The Kier molecular flexibility index (Phi) is 7.95. The molecule has 0 aromatic carbocycles. The fourth-order valence-corrected chi connectivity index (χ4v) is 4.83. The fraction of sp³-hybridized carbons (Fsp3) is 0.792. The number of carbonyl (C=O) groups excluding carboxylic acids is 5. The fourth-order valence-electron chi connectivity index (χ4n) is 4.83. The Labute approximate surface area is 206 Å². The molecule has 5 atom stereocenters. The molecule has 198 valence electrons. The second-order valence-corrected chi connectivity index (χ2v) is 12.1. The van der Waals surface area contributed by atoms with Gasteiger partial charge in [-0.05, 0) is 43.4 Å². The third kappa shape index (κ3) is 6.31. The number of nitrogens with zero attached hydrogens (tertiary/aromatic N) is 1. The molecule has 1 aliphatic heterocycles. The van der Waals surface area contributed by atoms with E-state index in [0.717, 1.165) is 0 Å². The number of Topliss-reactive ketones (excluding diaryl/α,β-unsaturated/α-hetero) is 1. The first-order valence-electron chi connectivity index (χ1n) is 11.8. The van der Waals surface area contributed by atoms with Crippen molar-refractivity contribution in [1.82, 2.24) is 15.5 Å². The minimum absolute atomic E-state index is 0.0806. The molecule has 2 rings (SSSR count). The van der Waals surface area contributed by atoms with Crippen LogP contribution in [0.15, 0.2) is 0 Å². The highest BCUT2D eigenvalue weighted by molar-refractivity contribution is 6.38. The summed E-state index contributed by atoms with van der Waals surface area (Å²) in [6.45, 7) is 14.7. The van der Waals surface area contributed by atoms with Crippen LogP contribution in [0.3, 0.4) is 0 Å². The zero-order valence-electron chi connectivity index (χ0n) is 22.2. The normalized spacial score (nSPS) is 24.6. The number of nitrogens with two attached hydrogens (primary N) is 1. The zero-order chi connectivity index (χ0) is 27.1. The summed E-state index contributed by atoms with van der Waals surface area (Å²) in [5.74, 6) is -3.22. The molecule has 4 N–H and O–H groups in total. The summed E-state index contributed by atoms with van der Waals surface area (Å²) in [6.07, 6.45) is -0.733. The van der Waals surface area contributed by atoms with Gasteiger partial charge in [-0.2, -0.15) is 0 Å². The molecule has 0 spiro atoms. The Morgan fingerprint density at radius 1 is 1.06 bits per heavy atom. The van der Waals surface area contributed by atoms with Crippen molar-refractivity contribution in [2.75, 3.05) is 20.3 Å². The van der Waals surface area contributed by atoms with Crippen LogP contribution in [-0.2, 0) is 28.7 Å². The molecular formula is C24H40N4O7. The highest BCUT2D eigenvalue weighted by atomic mass is 16.6. The predicted octanol–water partition coefficient (Wildman–Crippen LogP) is 0.594. The lowest BCUT2D eigenvalue weighted by Gasteiger charge is -2.38. The molecule has 2 aliphatic rings. The monoisotopic (exact) mass is 496 g/mol. The summed E-state index contributed by atoms with van der Waals surface area (Å²) in [6, 6.07) is -3.11. The summed E-state index contributed by atoms with van der Waals surface area (Å²) in [5.41, 5.74) is 3.50. The van der Waals surface area contributed by atoms with Crippen LogP contribution in [0.5, 0.6) is 0 Å². The van der Waals surface area contributed by atoms with Crippen molar-refractivity contribution in [3.8, 4) is 0 Å². The van der Waals surface area contributed by atoms with Crippen molar-refractivity contribution in [3.63, 3.8) is 0 Å². The molecule has 1 aliphatic carbocycles. The third-order valence-corrected chi connectivity index (χ3v) is 6.74.